The Morgan fingerprint density at radius 2 is 1.78 bits per heavy atom. The molecule has 1 atom stereocenters. The van der Waals surface area contributed by atoms with Crippen LogP contribution in [0.4, 0.5) is 11.4 Å². The number of benzene rings is 1. The number of ether oxygens (including phenoxy) is 1. The van der Waals surface area contributed by atoms with Crippen LogP contribution in [0.15, 0.2) is 36.4 Å². The third-order valence-electron chi connectivity index (χ3n) is 6.81. The second-order valence-electron chi connectivity index (χ2n) is 9.80. The highest BCUT2D eigenvalue weighted by molar-refractivity contribution is 7.18. The molecule has 1 aliphatic heterocycles. The van der Waals surface area contributed by atoms with Gasteiger partial charge in [-0.3, -0.25) is 19.3 Å². The van der Waals surface area contributed by atoms with Crippen molar-refractivity contribution in [3.8, 4) is 0 Å². The van der Waals surface area contributed by atoms with Crippen LogP contribution in [0.3, 0.4) is 0 Å². The largest absolute Gasteiger partial charge is 0.370 e. The fourth-order valence-electron chi connectivity index (χ4n) is 4.43. The van der Waals surface area contributed by atoms with Gasteiger partial charge in [0.2, 0.25) is 5.91 Å². The minimum Gasteiger partial charge on any atom is -0.370 e. The van der Waals surface area contributed by atoms with Crippen LogP contribution in [0.1, 0.15) is 35.4 Å². The first kappa shape index (κ1) is 25.2. The maximum Gasteiger partial charge on any atom is 0.261 e. The summed E-state index contributed by atoms with van der Waals surface area (Å²) in [6.07, 6.45) is 4.77. The molecule has 36 heavy (non-hydrogen) atoms. The number of hydrogen-bond donors (Lipinski definition) is 2. The number of anilines is 2. The minimum absolute atomic E-state index is 0.0725. The van der Waals surface area contributed by atoms with Gasteiger partial charge < -0.3 is 20.3 Å². The molecule has 192 valence electrons. The quantitative estimate of drug-likeness (QED) is 0.463. The molecule has 3 aliphatic rings. The van der Waals surface area contributed by atoms with Crippen LogP contribution in [0.5, 0.6) is 0 Å². The molecule has 1 saturated heterocycles. The summed E-state index contributed by atoms with van der Waals surface area (Å²) in [5.41, 5.74) is 1.44. The molecule has 2 aliphatic carbocycles. The Kier molecular flexibility index (Phi) is 7.90. The SMILES string of the molecule is O=C(NC[C@H](C(=O)Nc1ccc(N2CCOCC2=O)cc1)N(CC1CC1)CC1CC1)c1ccc(Cl)s1. The lowest BCUT2D eigenvalue weighted by Gasteiger charge is -2.31. The molecule has 2 aromatic rings. The minimum atomic E-state index is -0.480. The molecule has 8 nitrogen and oxygen atoms in total. The van der Waals surface area contributed by atoms with Crippen LogP contribution in [-0.2, 0) is 14.3 Å². The van der Waals surface area contributed by atoms with Gasteiger partial charge in [-0.2, -0.15) is 0 Å². The van der Waals surface area contributed by atoms with Crippen molar-refractivity contribution in [1.82, 2.24) is 10.2 Å². The lowest BCUT2D eigenvalue weighted by molar-refractivity contribution is -0.125. The summed E-state index contributed by atoms with van der Waals surface area (Å²) < 4.78 is 5.76. The van der Waals surface area contributed by atoms with E-state index in [4.69, 9.17) is 16.3 Å². The number of rotatable bonds is 11. The number of halogens is 1. The second-order valence-corrected chi connectivity index (χ2v) is 11.5. The standard InChI is InChI=1S/C26H31ClN4O4S/c27-23-10-9-22(36-23)26(34)28-13-21(30(14-17-1-2-17)15-18-3-4-18)25(33)29-19-5-7-20(8-6-19)31-11-12-35-16-24(31)32/h5-10,17-18,21H,1-4,11-16H2,(H,28,34)(H,29,33)/t21-/m1/s1. The fourth-order valence-corrected chi connectivity index (χ4v) is 5.39. The third kappa shape index (κ3) is 6.64. The van der Waals surface area contributed by atoms with Crippen LogP contribution in [-0.4, -0.2) is 68.1 Å². The first-order valence-electron chi connectivity index (χ1n) is 12.5. The Bertz CT molecular complexity index is 1090. The first-order valence-corrected chi connectivity index (χ1v) is 13.7. The lowest BCUT2D eigenvalue weighted by atomic mass is 10.1. The van der Waals surface area contributed by atoms with Gasteiger partial charge in [0.1, 0.15) is 12.6 Å². The molecule has 2 saturated carbocycles. The zero-order valence-corrected chi connectivity index (χ0v) is 21.7. The zero-order chi connectivity index (χ0) is 25.1. The molecule has 0 radical (unpaired) electrons. The maximum absolute atomic E-state index is 13.5. The third-order valence-corrected chi connectivity index (χ3v) is 8.04. The smallest absolute Gasteiger partial charge is 0.261 e. The molecule has 1 aromatic carbocycles. The van der Waals surface area contributed by atoms with Gasteiger partial charge in [-0.05, 0) is 73.9 Å². The predicted octanol–water partition coefficient (Wildman–Crippen LogP) is 3.62. The number of amides is 3. The van der Waals surface area contributed by atoms with Crippen LogP contribution in [0.25, 0.3) is 0 Å². The summed E-state index contributed by atoms with van der Waals surface area (Å²) in [6.45, 7) is 3.06. The number of thiophene rings is 1. The average molecular weight is 531 g/mol. The average Bonchev–Trinajstić information content (AvgIpc) is 3.81. The van der Waals surface area contributed by atoms with E-state index < -0.39 is 6.04 Å². The summed E-state index contributed by atoms with van der Waals surface area (Å²) in [5.74, 6) is 0.807. The molecule has 0 unspecified atom stereocenters. The summed E-state index contributed by atoms with van der Waals surface area (Å²) in [4.78, 5) is 42.8. The van der Waals surface area contributed by atoms with E-state index in [1.807, 2.05) is 24.3 Å². The van der Waals surface area contributed by atoms with E-state index in [1.165, 1.54) is 37.0 Å². The number of carbonyl (C=O) groups is 3. The highest BCUT2D eigenvalue weighted by Gasteiger charge is 2.35. The Hall–Kier alpha value is -2.46. The molecule has 1 aromatic heterocycles. The highest BCUT2D eigenvalue weighted by Crippen LogP contribution is 2.34. The summed E-state index contributed by atoms with van der Waals surface area (Å²) in [6, 6.07) is 10.2. The predicted molar refractivity (Wildman–Crippen MR) is 141 cm³/mol. The summed E-state index contributed by atoms with van der Waals surface area (Å²) >= 11 is 7.22. The molecule has 5 rings (SSSR count). The maximum atomic E-state index is 13.5. The van der Waals surface area contributed by atoms with Crippen molar-refractivity contribution in [3.05, 3.63) is 45.6 Å². The topological polar surface area (TPSA) is 91.0 Å². The molecule has 2 heterocycles. The van der Waals surface area contributed by atoms with Crippen molar-refractivity contribution in [2.24, 2.45) is 11.8 Å². The van der Waals surface area contributed by atoms with E-state index in [0.717, 1.165) is 18.8 Å². The van der Waals surface area contributed by atoms with E-state index in [0.29, 0.717) is 39.9 Å². The molecule has 3 fully saturated rings. The van der Waals surface area contributed by atoms with Gasteiger partial charge >= 0.3 is 0 Å². The van der Waals surface area contributed by atoms with Crippen molar-refractivity contribution < 1.29 is 19.1 Å². The number of morpholine rings is 1. The van der Waals surface area contributed by atoms with Gasteiger partial charge in [-0.15, -0.1) is 11.3 Å². The zero-order valence-electron chi connectivity index (χ0n) is 20.1. The van der Waals surface area contributed by atoms with E-state index in [1.54, 1.807) is 17.0 Å². The van der Waals surface area contributed by atoms with Gasteiger partial charge in [-0.1, -0.05) is 11.6 Å². The number of nitrogens with zero attached hydrogens (tertiary/aromatic N) is 2. The first-order chi connectivity index (χ1) is 17.5. The molecule has 10 heteroatoms. The molecule has 0 spiro atoms. The van der Waals surface area contributed by atoms with E-state index in [2.05, 4.69) is 15.5 Å². The van der Waals surface area contributed by atoms with Crippen LogP contribution in [0, 0.1) is 11.8 Å². The van der Waals surface area contributed by atoms with Crippen molar-refractivity contribution >= 4 is 52.0 Å². The molecule has 2 N–H and O–H groups in total. The van der Waals surface area contributed by atoms with E-state index in [-0.39, 0.29) is 30.9 Å². The highest BCUT2D eigenvalue weighted by atomic mass is 35.5. The Morgan fingerprint density at radius 1 is 1.08 bits per heavy atom. The van der Waals surface area contributed by atoms with Crippen molar-refractivity contribution in [3.63, 3.8) is 0 Å². The summed E-state index contributed by atoms with van der Waals surface area (Å²) in [7, 11) is 0. The van der Waals surface area contributed by atoms with Gasteiger partial charge in [0.25, 0.3) is 11.8 Å². The van der Waals surface area contributed by atoms with Gasteiger partial charge in [0, 0.05) is 37.6 Å². The number of nitrogens with one attached hydrogen (secondary N) is 2. The summed E-state index contributed by atoms with van der Waals surface area (Å²) in [5, 5.41) is 6.00. The normalized spacial score (nSPS) is 18.8. The van der Waals surface area contributed by atoms with Crippen LogP contribution in [0.2, 0.25) is 4.34 Å². The van der Waals surface area contributed by atoms with Crippen molar-refractivity contribution in [2.75, 3.05) is 49.6 Å². The molecular weight excluding hydrogens is 500 g/mol. The van der Waals surface area contributed by atoms with E-state index >= 15 is 0 Å². The van der Waals surface area contributed by atoms with E-state index in [9.17, 15) is 14.4 Å². The van der Waals surface area contributed by atoms with Gasteiger partial charge in [0.15, 0.2) is 0 Å². The Morgan fingerprint density at radius 3 is 2.36 bits per heavy atom. The lowest BCUT2D eigenvalue weighted by Crippen LogP contribution is -2.52. The van der Waals surface area contributed by atoms with Crippen molar-refractivity contribution in [2.45, 2.75) is 31.7 Å². The monoisotopic (exact) mass is 530 g/mol. The van der Waals surface area contributed by atoms with Crippen molar-refractivity contribution in [1.29, 1.82) is 0 Å². The van der Waals surface area contributed by atoms with Gasteiger partial charge in [0.05, 0.1) is 15.8 Å². The number of carbonyl (C=O) groups excluding carboxylic acids is 3. The van der Waals surface area contributed by atoms with Crippen LogP contribution >= 0.6 is 22.9 Å². The number of hydrogen-bond acceptors (Lipinski definition) is 6. The van der Waals surface area contributed by atoms with Gasteiger partial charge in [-0.25, -0.2) is 0 Å². The fraction of sp³-hybridized carbons (Fsp3) is 0.500. The van der Waals surface area contributed by atoms with Crippen LogP contribution < -0.4 is 15.5 Å². The Balaban J connectivity index is 1.27. The second kappa shape index (κ2) is 11.3. The molecule has 3 amide bonds. The molecule has 0 bridgehead atoms. The Labute approximate surface area is 219 Å². The molecular formula is C26H31ClN4O4S.